The second-order valence-corrected chi connectivity index (χ2v) is 12.1. The number of fused-ring (bicyclic) bond motifs is 2. The SMILES string of the molecule is O=C(NCCCN1CCN(c2ccccc2F)CC1)c1ccc2c(c1)N(Cc1ccccc1)C(=O)c1ccccc1[S@]2=O. The number of piperazine rings is 1. The van der Waals surface area contributed by atoms with Gasteiger partial charge in [-0.3, -0.25) is 14.5 Å². The van der Waals surface area contributed by atoms with Crippen LogP contribution < -0.4 is 15.1 Å². The Hall–Kier alpha value is -4.34. The van der Waals surface area contributed by atoms with Gasteiger partial charge in [0.2, 0.25) is 0 Å². The maximum Gasteiger partial charge on any atom is 0.259 e. The van der Waals surface area contributed by atoms with Crippen molar-refractivity contribution in [1.29, 1.82) is 0 Å². The molecule has 0 bridgehead atoms. The lowest BCUT2D eigenvalue weighted by atomic mass is 10.1. The Labute approximate surface area is 253 Å². The summed E-state index contributed by atoms with van der Waals surface area (Å²) in [5.74, 6) is -0.689. The van der Waals surface area contributed by atoms with Gasteiger partial charge in [-0.1, -0.05) is 54.6 Å². The summed E-state index contributed by atoms with van der Waals surface area (Å²) in [5, 5.41) is 3.00. The number of hydrogen-bond donors (Lipinski definition) is 1. The van der Waals surface area contributed by atoms with Crippen LogP contribution >= 0.6 is 0 Å². The minimum Gasteiger partial charge on any atom is -0.367 e. The largest absolute Gasteiger partial charge is 0.367 e. The fraction of sp³-hybridized carbons (Fsp3) is 0.235. The Morgan fingerprint density at radius 1 is 0.814 bits per heavy atom. The number of benzene rings is 4. The van der Waals surface area contributed by atoms with Crippen LogP contribution in [0.5, 0.6) is 0 Å². The highest BCUT2D eigenvalue weighted by molar-refractivity contribution is 7.85. The number of amides is 2. The van der Waals surface area contributed by atoms with Crippen molar-refractivity contribution in [2.24, 2.45) is 0 Å². The molecule has 1 saturated heterocycles. The highest BCUT2D eigenvalue weighted by Crippen LogP contribution is 2.36. The molecule has 2 aliphatic heterocycles. The summed E-state index contributed by atoms with van der Waals surface area (Å²) < 4.78 is 27.8. The number of carbonyl (C=O) groups is 2. The molecule has 1 N–H and O–H groups in total. The van der Waals surface area contributed by atoms with E-state index in [0.29, 0.717) is 38.8 Å². The second kappa shape index (κ2) is 12.9. The van der Waals surface area contributed by atoms with Crippen LogP contribution in [0.1, 0.15) is 32.7 Å². The lowest BCUT2D eigenvalue weighted by molar-refractivity contribution is 0.0948. The Kier molecular flexibility index (Phi) is 8.62. The van der Waals surface area contributed by atoms with Gasteiger partial charge in [-0.15, -0.1) is 0 Å². The molecular weight excluding hydrogens is 563 g/mol. The summed E-state index contributed by atoms with van der Waals surface area (Å²) in [6, 6.07) is 28.5. The monoisotopic (exact) mass is 596 g/mol. The molecule has 0 spiro atoms. The number of anilines is 2. The minimum atomic E-state index is -1.58. The Morgan fingerprint density at radius 2 is 1.53 bits per heavy atom. The van der Waals surface area contributed by atoms with E-state index in [1.807, 2.05) is 42.5 Å². The van der Waals surface area contributed by atoms with Crippen molar-refractivity contribution in [2.45, 2.75) is 22.8 Å². The lowest BCUT2D eigenvalue weighted by Gasteiger charge is -2.36. The molecule has 4 aromatic carbocycles. The number of hydrogen-bond acceptors (Lipinski definition) is 5. The van der Waals surface area contributed by atoms with Crippen LogP contribution in [-0.4, -0.2) is 60.2 Å². The molecule has 9 heteroatoms. The van der Waals surface area contributed by atoms with E-state index in [0.717, 1.165) is 44.7 Å². The number of nitrogens with zero attached hydrogens (tertiary/aromatic N) is 3. The molecule has 6 rings (SSSR count). The van der Waals surface area contributed by atoms with Crippen molar-refractivity contribution in [1.82, 2.24) is 10.2 Å². The third kappa shape index (κ3) is 6.23. The summed E-state index contributed by atoms with van der Waals surface area (Å²) in [7, 11) is -1.58. The van der Waals surface area contributed by atoms with Crippen LogP contribution in [-0.2, 0) is 17.3 Å². The second-order valence-electron chi connectivity index (χ2n) is 10.7. The fourth-order valence-corrected chi connectivity index (χ4v) is 7.00. The van der Waals surface area contributed by atoms with E-state index >= 15 is 0 Å². The third-order valence-corrected chi connectivity index (χ3v) is 9.46. The first-order valence-corrected chi connectivity index (χ1v) is 15.7. The number of nitrogens with one attached hydrogen (secondary N) is 1. The van der Waals surface area contributed by atoms with Crippen molar-refractivity contribution in [3.05, 3.63) is 120 Å². The molecule has 7 nitrogen and oxygen atoms in total. The summed E-state index contributed by atoms with van der Waals surface area (Å²) >= 11 is 0. The summed E-state index contributed by atoms with van der Waals surface area (Å²) in [5.41, 5.74) is 2.85. The number of halogens is 1. The Bertz CT molecular complexity index is 1660. The van der Waals surface area contributed by atoms with Crippen LogP contribution in [0.2, 0.25) is 0 Å². The average Bonchev–Trinajstić information content (AvgIpc) is 3.13. The van der Waals surface area contributed by atoms with E-state index in [2.05, 4.69) is 15.1 Å². The first-order valence-electron chi connectivity index (χ1n) is 14.5. The van der Waals surface area contributed by atoms with Crippen LogP contribution in [0.3, 0.4) is 0 Å². The van der Waals surface area contributed by atoms with Crippen molar-refractivity contribution in [3.63, 3.8) is 0 Å². The van der Waals surface area contributed by atoms with E-state index in [1.54, 1.807) is 53.4 Å². The van der Waals surface area contributed by atoms with Crippen molar-refractivity contribution in [2.75, 3.05) is 49.1 Å². The van der Waals surface area contributed by atoms with Crippen molar-refractivity contribution < 1.29 is 18.2 Å². The fourth-order valence-electron chi connectivity index (χ4n) is 5.65. The molecule has 2 aliphatic rings. The van der Waals surface area contributed by atoms with Crippen molar-refractivity contribution in [3.8, 4) is 0 Å². The number of para-hydroxylation sites is 1. The predicted molar refractivity (Wildman–Crippen MR) is 167 cm³/mol. The normalized spacial score (nSPS) is 16.8. The van der Waals surface area contributed by atoms with Gasteiger partial charge >= 0.3 is 0 Å². The van der Waals surface area contributed by atoms with Gasteiger partial charge in [0.1, 0.15) is 5.82 Å². The summed E-state index contributed by atoms with van der Waals surface area (Å²) in [6.45, 7) is 4.78. The average molecular weight is 597 g/mol. The molecule has 0 aliphatic carbocycles. The van der Waals surface area contributed by atoms with Crippen LogP contribution in [0.4, 0.5) is 15.8 Å². The molecule has 0 saturated carbocycles. The van der Waals surface area contributed by atoms with Crippen LogP contribution in [0.15, 0.2) is 107 Å². The zero-order chi connectivity index (χ0) is 29.8. The third-order valence-electron chi connectivity index (χ3n) is 7.96. The molecular formula is C34H33FN4O3S. The molecule has 220 valence electrons. The van der Waals surface area contributed by atoms with Crippen molar-refractivity contribution >= 4 is 34.0 Å². The topological polar surface area (TPSA) is 73.0 Å². The van der Waals surface area contributed by atoms with E-state index in [9.17, 15) is 18.2 Å². The molecule has 1 atom stereocenters. The Balaban J connectivity index is 1.11. The predicted octanol–water partition coefficient (Wildman–Crippen LogP) is 5.09. The van der Waals surface area contributed by atoms with Gasteiger partial charge in [-0.2, -0.15) is 0 Å². The maximum absolute atomic E-state index is 14.1. The van der Waals surface area contributed by atoms with Gasteiger partial charge in [0.25, 0.3) is 11.8 Å². The van der Waals surface area contributed by atoms with Gasteiger partial charge in [-0.05, 0) is 61.0 Å². The first kappa shape index (κ1) is 28.8. The lowest BCUT2D eigenvalue weighted by Crippen LogP contribution is -2.47. The molecule has 2 amide bonds. The highest BCUT2D eigenvalue weighted by Gasteiger charge is 2.31. The van der Waals surface area contributed by atoms with Crippen LogP contribution in [0.25, 0.3) is 0 Å². The maximum atomic E-state index is 14.1. The van der Waals surface area contributed by atoms with Gasteiger partial charge < -0.3 is 15.1 Å². The van der Waals surface area contributed by atoms with E-state index < -0.39 is 10.8 Å². The number of carbonyl (C=O) groups excluding carboxylic acids is 2. The van der Waals surface area contributed by atoms with E-state index in [-0.39, 0.29) is 24.2 Å². The molecule has 0 aromatic heterocycles. The summed E-state index contributed by atoms with van der Waals surface area (Å²) in [6.07, 6.45) is 0.772. The van der Waals surface area contributed by atoms with Crippen LogP contribution in [0, 0.1) is 5.82 Å². The van der Waals surface area contributed by atoms with E-state index in [4.69, 9.17) is 0 Å². The Morgan fingerprint density at radius 3 is 2.33 bits per heavy atom. The molecule has 2 heterocycles. The first-order chi connectivity index (χ1) is 21.0. The standard InChI is InChI=1S/C34H33FN4O3S/c35-28-12-5-6-13-29(28)38-21-19-37(20-22-38)18-8-17-36-33(40)26-15-16-32-30(23-26)39(24-25-9-2-1-3-10-25)34(41)27-11-4-7-14-31(27)43(32)42/h1-7,9-16,23H,8,17-22,24H2,(H,36,40)/t43-/m1/s1. The highest BCUT2D eigenvalue weighted by atomic mass is 32.2. The molecule has 1 fully saturated rings. The summed E-state index contributed by atoms with van der Waals surface area (Å²) in [4.78, 5) is 34.0. The molecule has 4 aromatic rings. The quantitative estimate of drug-likeness (QED) is 0.287. The van der Waals surface area contributed by atoms with Gasteiger partial charge in [0, 0.05) is 38.3 Å². The van der Waals surface area contributed by atoms with E-state index in [1.165, 1.54) is 6.07 Å². The minimum absolute atomic E-state index is 0.195. The van der Waals surface area contributed by atoms with Gasteiger partial charge in [0.15, 0.2) is 0 Å². The molecule has 0 unspecified atom stereocenters. The smallest absolute Gasteiger partial charge is 0.259 e. The van der Waals surface area contributed by atoms with Gasteiger partial charge in [0.05, 0.1) is 44.1 Å². The zero-order valence-electron chi connectivity index (χ0n) is 23.7. The molecule has 0 radical (unpaired) electrons. The van der Waals surface area contributed by atoms with Gasteiger partial charge in [-0.25, -0.2) is 8.60 Å². The molecule has 43 heavy (non-hydrogen) atoms. The zero-order valence-corrected chi connectivity index (χ0v) is 24.6. The number of rotatable bonds is 8.